The minimum Gasteiger partial charge on any atom is -0.338 e. The average Bonchev–Trinajstić information content (AvgIpc) is 2.95. The maximum absolute atomic E-state index is 11.8. The zero-order chi connectivity index (χ0) is 13.9. The molecular weight excluding hydrogens is 260 g/mol. The molecule has 2 rings (SSSR count). The van der Waals surface area contributed by atoms with Gasteiger partial charge < -0.3 is 4.52 Å². The van der Waals surface area contributed by atoms with Gasteiger partial charge in [0.1, 0.15) is 0 Å². The maximum atomic E-state index is 11.8. The molecule has 1 saturated carbocycles. The number of anilines is 1. The van der Waals surface area contributed by atoms with Gasteiger partial charge in [0.2, 0.25) is 11.8 Å². The summed E-state index contributed by atoms with van der Waals surface area (Å²) in [5, 5.41) is 7.41. The molecule has 1 aliphatic rings. The van der Waals surface area contributed by atoms with E-state index in [9.17, 15) is 4.79 Å². The van der Waals surface area contributed by atoms with Crippen LogP contribution in [0.15, 0.2) is 10.6 Å². The van der Waals surface area contributed by atoms with Crippen molar-refractivity contribution in [3.05, 3.63) is 11.8 Å². The molecule has 0 saturated heterocycles. The van der Waals surface area contributed by atoms with Gasteiger partial charge in [0.15, 0.2) is 0 Å². The molecule has 1 aromatic rings. The smallest absolute Gasteiger partial charge is 0.236 e. The summed E-state index contributed by atoms with van der Waals surface area (Å²) in [5.41, 5.74) is 0.789. The highest BCUT2D eigenvalue weighted by atomic mass is 32.2. The van der Waals surface area contributed by atoms with Gasteiger partial charge >= 0.3 is 0 Å². The van der Waals surface area contributed by atoms with E-state index in [2.05, 4.69) is 31.2 Å². The molecule has 1 heterocycles. The lowest BCUT2D eigenvalue weighted by molar-refractivity contribution is -0.113. The Morgan fingerprint density at radius 2 is 2.16 bits per heavy atom. The second-order valence-corrected chi connectivity index (χ2v) is 7.38. The first-order valence-corrected chi connectivity index (χ1v) is 7.88. The first-order chi connectivity index (χ1) is 8.95. The van der Waals surface area contributed by atoms with Crippen molar-refractivity contribution in [3.63, 3.8) is 0 Å². The lowest BCUT2D eigenvalue weighted by Crippen LogP contribution is -2.15. The van der Waals surface area contributed by atoms with Gasteiger partial charge in [-0.05, 0) is 12.8 Å². The monoisotopic (exact) mass is 282 g/mol. The summed E-state index contributed by atoms with van der Waals surface area (Å²) in [6.45, 7) is 6.19. The minimum atomic E-state index is -0.0644. The molecular formula is C14H22N2O2S. The van der Waals surface area contributed by atoms with Gasteiger partial charge in [-0.25, -0.2) is 0 Å². The summed E-state index contributed by atoms with van der Waals surface area (Å²) >= 11 is 1.75. The number of nitrogens with zero attached hydrogens (tertiary/aromatic N) is 1. The number of aromatic nitrogens is 1. The van der Waals surface area contributed by atoms with E-state index in [0.29, 0.717) is 16.9 Å². The van der Waals surface area contributed by atoms with Crippen LogP contribution in [0.2, 0.25) is 0 Å². The third-order valence-corrected chi connectivity index (χ3v) is 4.67. The molecule has 1 aromatic heterocycles. The predicted molar refractivity (Wildman–Crippen MR) is 78.5 cm³/mol. The summed E-state index contributed by atoms with van der Waals surface area (Å²) in [5.74, 6) is 0.936. The number of carbonyl (C=O) groups excluding carboxylic acids is 1. The number of rotatable bonds is 4. The third-order valence-electron chi connectivity index (χ3n) is 3.29. The molecule has 5 heteroatoms. The van der Waals surface area contributed by atoms with Crippen LogP contribution in [0.4, 0.5) is 5.88 Å². The second kappa shape index (κ2) is 5.99. The Morgan fingerprint density at radius 3 is 2.74 bits per heavy atom. The topological polar surface area (TPSA) is 55.1 Å². The highest BCUT2D eigenvalue weighted by Crippen LogP contribution is 2.29. The summed E-state index contributed by atoms with van der Waals surface area (Å²) < 4.78 is 5.14. The number of nitrogens with one attached hydrogen (secondary N) is 1. The van der Waals surface area contributed by atoms with E-state index in [1.54, 1.807) is 17.8 Å². The van der Waals surface area contributed by atoms with Crippen molar-refractivity contribution in [2.75, 3.05) is 11.1 Å². The Hall–Kier alpha value is -0.970. The van der Waals surface area contributed by atoms with Crippen LogP contribution in [0, 0.1) is 0 Å². The molecule has 1 fully saturated rings. The van der Waals surface area contributed by atoms with E-state index < -0.39 is 0 Å². The molecule has 1 amide bonds. The van der Waals surface area contributed by atoms with Gasteiger partial charge in [-0.1, -0.05) is 38.8 Å². The van der Waals surface area contributed by atoms with Gasteiger partial charge in [0, 0.05) is 16.7 Å². The van der Waals surface area contributed by atoms with E-state index >= 15 is 0 Å². The fourth-order valence-corrected chi connectivity index (χ4v) is 3.24. The van der Waals surface area contributed by atoms with Crippen LogP contribution in [0.25, 0.3) is 0 Å². The summed E-state index contributed by atoms with van der Waals surface area (Å²) in [4.78, 5) is 11.8. The normalized spacial score (nSPS) is 16.8. The Kier molecular flexibility index (Phi) is 4.55. The summed E-state index contributed by atoms with van der Waals surface area (Å²) in [6, 6.07) is 1.80. The van der Waals surface area contributed by atoms with Gasteiger partial charge in [-0.3, -0.25) is 10.1 Å². The fourth-order valence-electron chi connectivity index (χ4n) is 2.11. The number of hydrogen-bond acceptors (Lipinski definition) is 4. The first-order valence-electron chi connectivity index (χ1n) is 6.84. The third kappa shape index (κ3) is 4.27. The zero-order valence-corrected chi connectivity index (χ0v) is 12.7. The van der Waals surface area contributed by atoms with Crippen molar-refractivity contribution >= 4 is 23.6 Å². The Balaban J connectivity index is 1.80. The molecule has 0 atom stereocenters. The van der Waals surface area contributed by atoms with E-state index in [4.69, 9.17) is 4.52 Å². The number of hydrogen-bond donors (Lipinski definition) is 1. The maximum Gasteiger partial charge on any atom is 0.236 e. The average molecular weight is 282 g/mol. The van der Waals surface area contributed by atoms with Crippen molar-refractivity contribution in [3.8, 4) is 0 Å². The molecule has 0 aromatic carbocycles. The Bertz CT molecular complexity index is 431. The van der Waals surface area contributed by atoms with E-state index in [1.165, 1.54) is 25.7 Å². The lowest BCUT2D eigenvalue weighted by atomic mass is 9.92. The zero-order valence-electron chi connectivity index (χ0n) is 11.9. The molecule has 0 spiro atoms. The lowest BCUT2D eigenvalue weighted by Gasteiger charge is -2.12. The highest BCUT2D eigenvalue weighted by molar-refractivity contribution is 8.00. The van der Waals surface area contributed by atoms with Crippen molar-refractivity contribution in [2.24, 2.45) is 0 Å². The predicted octanol–water partition coefficient (Wildman–Crippen LogP) is 3.59. The van der Waals surface area contributed by atoms with Gasteiger partial charge in [0.25, 0.3) is 0 Å². The van der Waals surface area contributed by atoms with Crippen molar-refractivity contribution in [2.45, 2.75) is 57.1 Å². The molecule has 0 unspecified atom stereocenters. The van der Waals surface area contributed by atoms with Crippen molar-refractivity contribution < 1.29 is 9.32 Å². The Morgan fingerprint density at radius 1 is 1.47 bits per heavy atom. The van der Waals surface area contributed by atoms with Crippen molar-refractivity contribution in [1.82, 2.24) is 5.16 Å². The van der Waals surface area contributed by atoms with Crippen LogP contribution < -0.4 is 5.32 Å². The molecule has 1 aliphatic carbocycles. The van der Waals surface area contributed by atoms with E-state index in [-0.39, 0.29) is 11.3 Å². The van der Waals surface area contributed by atoms with Crippen LogP contribution in [0.3, 0.4) is 0 Å². The van der Waals surface area contributed by atoms with Crippen LogP contribution in [0.1, 0.15) is 52.1 Å². The van der Waals surface area contributed by atoms with Gasteiger partial charge in [0.05, 0.1) is 11.4 Å². The van der Waals surface area contributed by atoms with Crippen LogP contribution in [0.5, 0.6) is 0 Å². The van der Waals surface area contributed by atoms with Crippen LogP contribution >= 0.6 is 11.8 Å². The number of amides is 1. The highest BCUT2D eigenvalue weighted by Gasteiger charge is 2.20. The molecule has 19 heavy (non-hydrogen) atoms. The number of carbonyl (C=O) groups is 1. The largest absolute Gasteiger partial charge is 0.338 e. The van der Waals surface area contributed by atoms with E-state index in [1.807, 2.05) is 0 Å². The molecule has 4 nitrogen and oxygen atoms in total. The van der Waals surface area contributed by atoms with Crippen LogP contribution in [-0.4, -0.2) is 22.1 Å². The first kappa shape index (κ1) is 14.4. The molecule has 1 N–H and O–H groups in total. The van der Waals surface area contributed by atoms with E-state index in [0.717, 1.165) is 5.69 Å². The molecule has 106 valence electrons. The van der Waals surface area contributed by atoms with Crippen LogP contribution in [-0.2, 0) is 10.2 Å². The fraction of sp³-hybridized carbons (Fsp3) is 0.714. The SMILES string of the molecule is CC(C)(C)c1cc(NC(=O)CSC2CCCC2)on1. The van der Waals surface area contributed by atoms with Gasteiger partial charge in [-0.2, -0.15) is 0 Å². The van der Waals surface area contributed by atoms with Crippen molar-refractivity contribution in [1.29, 1.82) is 0 Å². The summed E-state index contributed by atoms with van der Waals surface area (Å²) in [6.07, 6.45) is 5.09. The molecule has 0 aliphatic heterocycles. The quantitative estimate of drug-likeness (QED) is 0.917. The summed E-state index contributed by atoms with van der Waals surface area (Å²) in [7, 11) is 0. The standard InChI is InChI=1S/C14H22N2O2S/c1-14(2,3)11-8-13(18-16-11)15-12(17)9-19-10-6-4-5-7-10/h8,10H,4-7,9H2,1-3H3,(H,15,17). The number of thioether (sulfide) groups is 1. The molecule has 0 bridgehead atoms. The molecule has 0 radical (unpaired) electrons. The second-order valence-electron chi connectivity index (χ2n) is 6.09. The minimum absolute atomic E-state index is 0.00601. The van der Waals surface area contributed by atoms with Gasteiger partial charge in [-0.15, -0.1) is 11.8 Å². The Labute approximate surface area is 118 Å².